The van der Waals surface area contributed by atoms with E-state index in [1.807, 2.05) is 40.9 Å². The van der Waals surface area contributed by atoms with E-state index in [2.05, 4.69) is 41.4 Å². The minimum Gasteiger partial charge on any atom is -0.480 e. The van der Waals surface area contributed by atoms with Crippen molar-refractivity contribution in [2.45, 2.75) is 24.8 Å². The van der Waals surface area contributed by atoms with Gasteiger partial charge in [0.15, 0.2) is 5.65 Å². The van der Waals surface area contributed by atoms with Crippen LogP contribution >= 0.6 is 0 Å². The molecule has 0 unspecified atom stereocenters. The Morgan fingerprint density at radius 1 is 1.00 bits per heavy atom. The molecular weight excluding hydrogens is 410 g/mol. The van der Waals surface area contributed by atoms with E-state index >= 15 is 0 Å². The Morgan fingerprint density at radius 3 is 2.42 bits per heavy atom. The number of rotatable bonds is 5. The molecule has 2 N–H and O–H groups in total. The lowest BCUT2D eigenvalue weighted by atomic mass is 9.72. The van der Waals surface area contributed by atoms with Gasteiger partial charge in [0.1, 0.15) is 5.69 Å². The standard InChI is InChI=1S/C27H25N5O/c1-33-23-17-21(22-9-5-16-29-22)26-30-24(25(32(26)31-23)19-7-3-2-4-8-19)18-10-12-20(13-11-18)27(28)14-6-15-27/h2-5,7-13,17H,6,14-16,28H2,1H3. The number of hydrogen-bond donors (Lipinski definition) is 1. The number of fused-ring (bicyclic) bond motifs is 1. The van der Waals surface area contributed by atoms with E-state index in [1.54, 1.807) is 7.11 Å². The third-order valence-electron chi connectivity index (χ3n) is 6.72. The lowest BCUT2D eigenvalue weighted by Crippen LogP contribution is -2.43. The SMILES string of the molecule is COc1cc(C2=NCC=C2)c2nc(-c3ccc(C4(N)CCC4)cc3)c(-c3ccccc3)n2n1. The van der Waals surface area contributed by atoms with Gasteiger partial charge in [0.2, 0.25) is 5.88 Å². The molecule has 2 aromatic carbocycles. The Balaban J connectivity index is 1.59. The molecule has 0 radical (unpaired) electrons. The number of aliphatic imine (C=N–C) groups is 1. The predicted molar refractivity (Wildman–Crippen MR) is 131 cm³/mol. The third-order valence-corrected chi connectivity index (χ3v) is 6.72. The first-order chi connectivity index (χ1) is 16.2. The lowest BCUT2D eigenvalue weighted by Gasteiger charge is -2.38. The monoisotopic (exact) mass is 435 g/mol. The van der Waals surface area contributed by atoms with E-state index in [1.165, 1.54) is 12.0 Å². The van der Waals surface area contributed by atoms with Gasteiger partial charge in [-0.25, -0.2) is 9.50 Å². The maximum atomic E-state index is 6.55. The molecule has 0 bridgehead atoms. The molecule has 3 heterocycles. The molecule has 2 aromatic heterocycles. The third kappa shape index (κ3) is 3.26. The van der Waals surface area contributed by atoms with Gasteiger partial charge in [-0.3, -0.25) is 4.99 Å². The van der Waals surface area contributed by atoms with Gasteiger partial charge in [0.25, 0.3) is 0 Å². The van der Waals surface area contributed by atoms with Crippen molar-refractivity contribution in [3.8, 4) is 28.4 Å². The van der Waals surface area contributed by atoms with Gasteiger partial charge in [-0.05, 0) is 30.9 Å². The van der Waals surface area contributed by atoms with Crippen molar-refractivity contribution in [1.82, 2.24) is 14.6 Å². The van der Waals surface area contributed by atoms with Crippen LogP contribution in [-0.4, -0.2) is 34.0 Å². The van der Waals surface area contributed by atoms with Gasteiger partial charge in [-0.15, -0.1) is 5.10 Å². The predicted octanol–water partition coefficient (Wildman–Crippen LogP) is 4.77. The van der Waals surface area contributed by atoms with Crippen LogP contribution in [0.2, 0.25) is 0 Å². The van der Waals surface area contributed by atoms with Gasteiger partial charge in [0.05, 0.1) is 25.1 Å². The largest absolute Gasteiger partial charge is 0.480 e. The summed E-state index contributed by atoms with van der Waals surface area (Å²) < 4.78 is 7.43. The highest BCUT2D eigenvalue weighted by Crippen LogP contribution is 2.40. The number of methoxy groups -OCH3 is 1. The van der Waals surface area contributed by atoms with Crippen LogP contribution < -0.4 is 10.5 Å². The molecule has 0 amide bonds. The fraction of sp³-hybridized carbons (Fsp3) is 0.222. The number of benzene rings is 2. The molecule has 1 aliphatic heterocycles. The fourth-order valence-corrected chi connectivity index (χ4v) is 4.69. The summed E-state index contributed by atoms with van der Waals surface area (Å²) in [5.41, 5.74) is 14.0. The van der Waals surface area contributed by atoms with Gasteiger partial charge < -0.3 is 10.5 Å². The van der Waals surface area contributed by atoms with Gasteiger partial charge in [-0.1, -0.05) is 60.7 Å². The number of imidazole rings is 1. The van der Waals surface area contributed by atoms with Crippen molar-refractivity contribution >= 4 is 11.4 Å². The average molecular weight is 436 g/mol. The van der Waals surface area contributed by atoms with Crippen LogP contribution in [0.25, 0.3) is 28.2 Å². The summed E-state index contributed by atoms with van der Waals surface area (Å²) in [5.74, 6) is 0.520. The molecule has 4 aromatic rings. The van der Waals surface area contributed by atoms with Crippen LogP contribution in [0.1, 0.15) is 30.4 Å². The van der Waals surface area contributed by atoms with E-state index in [0.717, 1.165) is 52.3 Å². The molecule has 164 valence electrons. The molecule has 6 heteroatoms. The van der Waals surface area contributed by atoms with Crippen molar-refractivity contribution in [2.24, 2.45) is 10.7 Å². The van der Waals surface area contributed by atoms with Crippen LogP contribution in [0.5, 0.6) is 5.88 Å². The minimum absolute atomic E-state index is 0.186. The lowest BCUT2D eigenvalue weighted by molar-refractivity contribution is 0.253. The number of aromatic nitrogens is 3. The summed E-state index contributed by atoms with van der Waals surface area (Å²) in [4.78, 5) is 9.73. The smallest absolute Gasteiger partial charge is 0.232 e. The number of allylic oxidation sites excluding steroid dienone is 1. The fourth-order valence-electron chi connectivity index (χ4n) is 4.69. The van der Waals surface area contributed by atoms with Crippen molar-refractivity contribution in [1.29, 1.82) is 0 Å². The van der Waals surface area contributed by atoms with E-state index in [0.29, 0.717) is 12.4 Å². The zero-order valence-electron chi connectivity index (χ0n) is 18.5. The topological polar surface area (TPSA) is 77.8 Å². The molecule has 1 saturated carbocycles. The zero-order valence-corrected chi connectivity index (χ0v) is 18.5. The molecule has 0 saturated heterocycles. The second-order valence-corrected chi connectivity index (χ2v) is 8.73. The summed E-state index contributed by atoms with van der Waals surface area (Å²) in [7, 11) is 1.63. The molecule has 6 nitrogen and oxygen atoms in total. The highest BCUT2D eigenvalue weighted by Gasteiger charge is 2.34. The number of ether oxygens (including phenoxy) is 1. The quantitative estimate of drug-likeness (QED) is 0.490. The summed E-state index contributed by atoms with van der Waals surface area (Å²) in [6.07, 6.45) is 7.34. The molecule has 1 fully saturated rings. The van der Waals surface area contributed by atoms with Crippen molar-refractivity contribution in [3.05, 3.63) is 83.9 Å². The van der Waals surface area contributed by atoms with Crippen LogP contribution in [0, 0.1) is 0 Å². The number of nitrogens with two attached hydrogens (primary N) is 1. The van der Waals surface area contributed by atoms with Crippen LogP contribution in [0.15, 0.2) is 77.8 Å². The molecule has 6 rings (SSSR count). The summed E-state index contributed by atoms with van der Waals surface area (Å²) in [6.45, 7) is 0.674. The molecular formula is C27H25N5O. The van der Waals surface area contributed by atoms with Crippen LogP contribution in [-0.2, 0) is 5.54 Å². The molecule has 1 aliphatic carbocycles. The van der Waals surface area contributed by atoms with E-state index < -0.39 is 0 Å². The highest BCUT2D eigenvalue weighted by molar-refractivity contribution is 6.14. The zero-order chi connectivity index (χ0) is 22.4. The highest BCUT2D eigenvalue weighted by atomic mass is 16.5. The first-order valence-corrected chi connectivity index (χ1v) is 11.3. The summed E-state index contributed by atoms with van der Waals surface area (Å²) >= 11 is 0. The Labute approximate surface area is 192 Å². The molecule has 2 aliphatic rings. The molecule has 0 atom stereocenters. The first-order valence-electron chi connectivity index (χ1n) is 11.3. The maximum absolute atomic E-state index is 6.55. The average Bonchev–Trinajstić information content (AvgIpc) is 3.51. The molecule has 0 spiro atoms. The maximum Gasteiger partial charge on any atom is 0.232 e. The molecule has 33 heavy (non-hydrogen) atoms. The van der Waals surface area contributed by atoms with Crippen molar-refractivity contribution in [2.75, 3.05) is 13.7 Å². The van der Waals surface area contributed by atoms with Crippen LogP contribution in [0.3, 0.4) is 0 Å². The Kier molecular flexibility index (Phi) is 4.62. The summed E-state index contributed by atoms with van der Waals surface area (Å²) in [5, 5.41) is 4.76. The second-order valence-electron chi connectivity index (χ2n) is 8.73. The van der Waals surface area contributed by atoms with Gasteiger partial charge in [0, 0.05) is 28.3 Å². The number of hydrogen-bond acceptors (Lipinski definition) is 5. The Morgan fingerprint density at radius 2 is 1.79 bits per heavy atom. The Bertz CT molecular complexity index is 1400. The number of nitrogens with zero attached hydrogens (tertiary/aromatic N) is 4. The van der Waals surface area contributed by atoms with E-state index in [4.69, 9.17) is 20.6 Å². The summed E-state index contributed by atoms with van der Waals surface area (Å²) in [6, 6.07) is 20.7. The van der Waals surface area contributed by atoms with Crippen molar-refractivity contribution in [3.63, 3.8) is 0 Å². The van der Waals surface area contributed by atoms with Gasteiger partial charge in [-0.2, -0.15) is 0 Å². The van der Waals surface area contributed by atoms with Crippen LogP contribution in [0.4, 0.5) is 0 Å². The van der Waals surface area contributed by atoms with E-state index in [-0.39, 0.29) is 5.54 Å². The second kappa shape index (κ2) is 7.67. The van der Waals surface area contributed by atoms with Gasteiger partial charge >= 0.3 is 0 Å². The van der Waals surface area contributed by atoms with E-state index in [9.17, 15) is 0 Å². The normalized spacial score (nSPS) is 16.6. The first kappa shape index (κ1) is 19.9. The van der Waals surface area contributed by atoms with Crippen molar-refractivity contribution < 1.29 is 4.74 Å². The minimum atomic E-state index is -0.186. The Hall–Kier alpha value is -3.77.